The summed E-state index contributed by atoms with van der Waals surface area (Å²) in [7, 11) is 3.11. The molecule has 9 heteroatoms. The minimum absolute atomic E-state index is 0.0844. The number of amides is 1. The number of piperidine rings is 1. The van der Waals surface area contributed by atoms with E-state index in [0.717, 1.165) is 0 Å². The molecule has 1 aromatic heterocycles. The highest BCUT2D eigenvalue weighted by Crippen LogP contribution is 2.30. The molecular weight excluding hydrogens is 427 g/mol. The summed E-state index contributed by atoms with van der Waals surface area (Å²) in [5.74, 6) is 1.09. The van der Waals surface area contributed by atoms with Crippen LogP contribution < -0.4 is 25.2 Å². The van der Waals surface area contributed by atoms with Crippen LogP contribution in [0.15, 0.2) is 59.4 Å². The summed E-state index contributed by atoms with van der Waals surface area (Å²) < 4.78 is 25.4. The molecule has 33 heavy (non-hydrogen) atoms. The summed E-state index contributed by atoms with van der Waals surface area (Å²) in [5, 5.41) is 7.36. The van der Waals surface area contributed by atoms with Gasteiger partial charge in [-0.15, -0.1) is 5.10 Å². The first-order chi connectivity index (χ1) is 16.0. The maximum atomic E-state index is 13.6. The van der Waals surface area contributed by atoms with Gasteiger partial charge < -0.3 is 19.7 Å². The molecule has 1 fully saturated rings. The molecule has 4 rings (SSSR count). The largest absolute Gasteiger partial charge is 0.497 e. The van der Waals surface area contributed by atoms with Crippen LogP contribution in [-0.4, -0.2) is 43.0 Å². The van der Waals surface area contributed by atoms with E-state index in [0.29, 0.717) is 54.6 Å². The molecule has 1 saturated heterocycles. The standard InChI is InChI=1S/C24H25FN4O4/c1-32-19-6-7-21(33-2)20(15-19)26-24(31)16-10-12-28(13-11-16)22-8-9-23(30)29(27-22)18-5-3-4-17(25)14-18/h3-9,14-16H,10-13H2,1-2H3,(H,26,31). The van der Waals surface area contributed by atoms with Crippen molar-refractivity contribution in [3.63, 3.8) is 0 Å². The van der Waals surface area contributed by atoms with Crippen LogP contribution in [0.3, 0.4) is 0 Å². The molecule has 0 radical (unpaired) electrons. The highest BCUT2D eigenvalue weighted by molar-refractivity contribution is 5.94. The average molecular weight is 452 g/mol. The summed E-state index contributed by atoms with van der Waals surface area (Å²) in [6.45, 7) is 1.20. The van der Waals surface area contributed by atoms with E-state index in [9.17, 15) is 14.0 Å². The number of benzene rings is 2. The van der Waals surface area contributed by atoms with Gasteiger partial charge in [0.15, 0.2) is 0 Å². The molecule has 172 valence electrons. The third-order valence-electron chi connectivity index (χ3n) is 5.69. The molecule has 0 bridgehead atoms. The third-order valence-corrected chi connectivity index (χ3v) is 5.69. The summed E-state index contributed by atoms with van der Waals surface area (Å²) in [6, 6.07) is 14.1. The predicted octanol–water partition coefficient (Wildman–Crippen LogP) is 3.24. The van der Waals surface area contributed by atoms with E-state index in [1.165, 1.54) is 28.9 Å². The fourth-order valence-electron chi connectivity index (χ4n) is 3.88. The van der Waals surface area contributed by atoms with Gasteiger partial charge >= 0.3 is 0 Å². The molecule has 1 aliphatic rings. The number of hydrogen-bond acceptors (Lipinski definition) is 6. The lowest BCUT2D eigenvalue weighted by molar-refractivity contribution is -0.120. The van der Waals surface area contributed by atoms with Crippen molar-refractivity contribution in [2.75, 3.05) is 37.5 Å². The van der Waals surface area contributed by atoms with E-state index in [2.05, 4.69) is 10.4 Å². The Morgan fingerprint density at radius 2 is 1.85 bits per heavy atom. The van der Waals surface area contributed by atoms with E-state index in [-0.39, 0.29) is 17.4 Å². The van der Waals surface area contributed by atoms with Crippen LogP contribution in [-0.2, 0) is 4.79 Å². The number of carbonyl (C=O) groups is 1. The Balaban J connectivity index is 1.44. The van der Waals surface area contributed by atoms with Crippen LogP contribution in [0.4, 0.5) is 15.9 Å². The van der Waals surface area contributed by atoms with Crippen LogP contribution >= 0.6 is 0 Å². The molecule has 2 aromatic carbocycles. The van der Waals surface area contributed by atoms with E-state index < -0.39 is 5.82 Å². The quantitative estimate of drug-likeness (QED) is 0.618. The Hall–Kier alpha value is -3.88. The number of carbonyl (C=O) groups excluding carboxylic acids is 1. The van der Waals surface area contributed by atoms with Crippen molar-refractivity contribution in [3.05, 3.63) is 70.8 Å². The molecule has 0 spiro atoms. The van der Waals surface area contributed by atoms with Crippen molar-refractivity contribution in [1.29, 1.82) is 0 Å². The zero-order valence-corrected chi connectivity index (χ0v) is 18.5. The Kier molecular flexibility index (Phi) is 6.58. The molecule has 0 atom stereocenters. The summed E-state index contributed by atoms with van der Waals surface area (Å²) in [4.78, 5) is 27.2. The molecule has 1 N–H and O–H groups in total. The number of anilines is 2. The van der Waals surface area contributed by atoms with Gasteiger partial charge in [0.05, 0.1) is 25.6 Å². The minimum Gasteiger partial charge on any atom is -0.497 e. The number of ether oxygens (including phenoxy) is 2. The fraction of sp³-hybridized carbons (Fsp3) is 0.292. The van der Waals surface area contributed by atoms with Crippen molar-refractivity contribution in [2.24, 2.45) is 5.92 Å². The van der Waals surface area contributed by atoms with Gasteiger partial charge in [-0.3, -0.25) is 9.59 Å². The van der Waals surface area contributed by atoms with Crippen LogP contribution in [0.5, 0.6) is 11.5 Å². The molecule has 3 aromatic rings. The number of nitrogens with one attached hydrogen (secondary N) is 1. The Labute approximate surface area is 190 Å². The molecular formula is C24H25FN4O4. The Morgan fingerprint density at radius 3 is 2.55 bits per heavy atom. The second kappa shape index (κ2) is 9.72. The third kappa shape index (κ3) is 4.97. The van der Waals surface area contributed by atoms with Crippen LogP contribution in [0.25, 0.3) is 5.69 Å². The SMILES string of the molecule is COc1ccc(OC)c(NC(=O)C2CCN(c3ccc(=O)n(-c4cccc(F)c4)n3)CC2)c1. The van der Waals surface area contributed by atoms with Crippen molar-refractivity contribution in [2.45, 2.75) is 12.8 Å². The predicted molar refractivity (Wildman–Crippen MR) is 123 cm³/mol. The molecule has 1 amide bonds. The lowest BCUT2D eigenvalue weighted by atomic mass is 9.95. The van der Waals surface area contributed by atoms with Gasteiger partial charge in [0.25, 0.3) is 5.56 Å². The molecule has 8 nitrogen and oxygen atoms in total. The summed E-state index contributed by atoms with van der Waals surface area (Å²) >= 11 is 0. The van der Waals surface area contributed by atoms with Gasteiger partial charge in [0.1, 0.15) is 23.1 Å². The van der Waals surface area contributed by atoms with Crippen LogP contribution in [0.1, 0.15) is 12.8 Å². The van der Waals surface area contributed by atoms with Crippen molar-refractivity contribution in [1.82, 2.24) is 9.78 Å². The number of nitrogens with zero attached hydrogens (tertiary/aromatic N) is 3. The van der Waals surface area contributed by atoms with Crippen LogP contribution in [0, 0.1) is 11.7 Å². The number of halogens is 1. The van der Waals surface area contributed by atoms with Crippen molar-refractivity contribution in [3.8, 4) is 17.2 Å². The molecule has 2 heterocycles. The Morgan fingerprint density at radius 1 is 1.06 bits per heavy atom. The topological polar surface area (TPSA) is 85.7 Å². The number of hydrogen-bond donors (Lipinski definition) is 1. The molecule has 0 unspecified atom stereocenters. The average Bonchev–Trinajstić information content (AvgIpc) is 2.84. The number of rotatable bonds is 6. The molecule has 0 saturated carbocycles. The van der Waals surface area contributed by atoms with Gasteiger partial charge in [-0.05, 0) is 49.2 Å². The highest BCUT2D eigenvalue weighted by Gasteiger charge is 2.27. The lowest BCUT2D eigenvalue weighted by Crippen LogP contribution is -2.39. The lowest BCUT2D eigenvalue weighted by Gasteiger charge is -2.32. The number of aromatic nitrogens is 2. The Bertz CT molecular complexity index is 1210. The maximum absolute atomic E-state index is 13.6. The van der Waals surface area contributed by atoms with Gasteiger partial charge in [0.2, 0.25) is 5.91 Å². The monoisotopic (exact) mass is 452 g/mol. The molecule has 0 aliphatic carbocycles. The van der Waals surface area contributed by atoms with Gasteiger partial charge in [-0.1, -0.05) is 6.07 Å². The number of methoxy groups -OCH3 is 2. The second-order valence-electron chi connectivity index (χ2n) is 7.74. The van der Waals surface area contributed by atoms with Crippen molar-refractivity contribution < 1.29 is 18.7 Å². The highest BCUT2D eigenvalue weighted by atomic mass is 19.1. The smallest absolute Gasteiger partial charge is 0.271 e. The van der Waals surface area contributed by atoms with Gasteiger partial charge in [-0.25, -0.2) is 4.39 Å². The minimum atomic E-state index is -0.439. The first-order valence-corrected chi connectivity index (χ1v) is 10.6. The van der Waals surface area contributed by atoms with E-state index in [1.54, 1.807) is 44.6 Å². The van der Waals surface area contributed by atoms with E-state index >= 15 is 0 Å². The first kappa shape index (κ1) is 22.3. The van der Waals surface area contributed by atoms with Crippen LogP contribution in [0.2, 0.25) is 0 Å². The maximum Gasteiger partial charge on any atom is 0.271 e. The second-order valence-corrected chi connectivity index (χ2v) is 7.74. The van der Waals surface area contributed by atoms with E-state index in [1.807, 2.05) is 4.90 Å². The first-order valence-electron chi connectivity index (χ1n) is 10.6. The zero-order chi connectivity index (χ0) is 23.4. The normalized spacial score (nSPS) is 14.1. The van der Waals surface area contributed by atoms with Crippen molar-refractivity contribution >= 4 is 17.4 Å². The van der Waals surface area contributed by atoms with Gasteiger partial charge in [-0.2, -0.15) is 4.68 Å². The van der Waals surface area contributed by atoms with E-state index in [4.69, 9.17) is 9.47 Å². The zero-order valence-electron chi connectivity index (χ0n) is 18.5. The summed E-state index contributed by atoms with van der Waals surface area (Å²) in [6.07, 6.45) is 1.25. The fourth-order valence-corrected chi connectivity index (χ4v) is 3.88. The summed E-state index contributed by atoms with van der Waals surface area (Å²) in [5.41, 5.74) is 0.585. The van der Waals surface area contributed by atoms with Gasteiger partial charge in [0, 0.05) is 31.1 Å². The molecule has 1 aliphatic heterocycles.